The molecule has 0 saturated heterocycles. The van der Waals surface area contributed by atoms with Gasteiger partial charge in [0.1, 0.15) is 0 Å². The summed E-state index contributed by atoms with van der Waals surface area (Å²) in [5.74, 6) is 0. The van der Waals surface area contributed by atoms with Gasteiger partial charge in [-0.2, -0.15) is 0 Å². The standard InChI is InChI=1S/C15H25NO/c1-5-10-16-14(11-17-6-2)15-12(3)8-7-9-13(15)4/h7-9,14,16H,5-6,10-11H2,1-4H3. The van der Waals surface area contributed by atoms with Gasteiger partial charge in [-0.05, 0) is 50.4 Å². The fourth-order valence-electron chi connectivity index (χ4n) is 2.18. The zero-order valence-corrected chi connectivity index (χ0v) is 11.5. The molecule has 1 atom stereocenters. The Hall–Kier alpha value is -0.860. The van der Waals surface area contributed by atoms with E-state index in [9.17, 15) is 0 Å². The van der Waals surface area contributed by atoms with Crippen molar-refractivity contribution in [3.8, 4) is 0 Å². The van der Waals surface area contributed by atoms with Crippen LogP contribution in [0, 0.1) is 13.8 Å². The molecule has 1 rings (SSSR count). The third-order valence-corrected chi connectivity index (χ3v) is 3.02. The van der Waals surface area contributed by atoms with Gasteiger partial charge in [-0.25, -0.2) is 0 Å². The van der Waals surface area contributed by atoms with Crippen LogP contribution in [0.1, 0.15) is 43.0 Å². The molecule has 1 aromatic carbocycles. The van der Waals surface area contributed by atoms with E-state index in [1.807, 2.05) is 6.92 Å². The number of hydrogen-bond acceptors (Lipinski definition) is 2. The lowest BCUT2D eigenvalue weighted by Gasteiger charge is -2.22. The summed E-state index contributed by atoms with van der Waals surface area (Å²) in [6.07, 6.45) is 1.15. The first-order valence-corrected chi connectivity index (χ1v) is 6.57. The minimum atomic E-state index is 0.316. The predicted octanol–water partition coefficient (Wildman–Crippen LogP) is 3.38. The van der Waals surface area contributed by atoms with Crippen molar-refractivity contribution in [3.63, 3.8) is 0 Å². The molecule has 1 unspecified atom stereocenters. The Morgan fingerprint density at radius 3 is 2.35 bits per heavy atom. The summed E-state index contributed by atoms with van der Waals surface area (Å²) in [5.41, 5.74) is 4.09. The number of benzene rings is 1. The quantitative estimate of drug-likeness (QED) is 0.782. The number of nitrogens with one attached hydrogen (secondary N) is 1. The van der Waals surface area contributed by atoms with Gasteiger partial charge in [-0.3, -0.25) is 0 Å². The minimum absolute atomic E-state index is 0.316. The smallest absolute Gasteiger partial charge is 0.0661 e. The van der Waals surface area contributed by atoms with Crippen LogP contribution in [-0.2, 0) is 4.74 Å². The Labute approximate surface area is 105 Å². The third-order valence-electron chi connectivity index (χ3n) is 3.02. The predicted molar refractivity (Wildman–Crippen MR) is 73.4 cm³/mol. The van der Waals surface area contributed by atoms with Crippen LogP contribution in [0.25, 0.3) is 0 Å². The first-order chi connectivity index (χ1) is 8.20. The number of hydrogen-bond donors (Lipinski definition) is 1. The van der Waals surface area contributed by atoms with E-state index in [0.29, 0.717) is 6.04 Å². The molecular formula is C15H25NO. The molecule has 0 fully saturated rings. The van der Waals surface area contributed by atoms with Crippen molar-refractivity contribution in [2.24, 2.45) is 0 Å². The molecule has 0 amide bonds. The minimum Gasteiger partial charge on any atom is -0.380 e. The van der Waals surface area contributed by atoms with E-state index in [0.717, 1.165) is 26.2 Å². The molecule has 0 spiro atoms. The lowest BCUT2D eigenvalue weighted by molar-refractivity contribution is 0.122. The average molecular weight is 235 g/mol. The van der Waals surface area contributed by atoms with Crippen LogP contribution in [0.4, 0.5) is 0 Å². The van der Waals surface area contributed by atoms with Crippen LogP contribution in [0.2, 0.25) is 0 Å². The highest BCUT2D eigenvalue weighted by atomic mass is 16.5. The topological polar surface area (TPSA) is 21.3 Å². The average Bonchev–Trinajstić information content (AvgIpc) is 2.31. The maximum absolute atomic E-state index is 5.59. The van der Waals surface area contributed by atoms with Crippen molar-refractivity contribution in [2.75, 3.05) is 19.8 Å². The molecule has 1 aromatic rings. The van der Waals surface area contributed by atoms with Gasteiger partial charge in [0.15, 0.2) is 0 Å². The Kier molecular flexibility index (Phi) is 6.23. The van der Waals surface area contributed by atoms with Gasteiger partial charge in [0.05, 0.1) is 12.6 Å². The van der Waals surface area contributed by atoms with Gasteiger partial charge in [0, 0.05) is 6.61 Å². The van der Waals surface area contributed by atoms with Gasteiger partial charge in [-0.15, -0.1) is 0 Å². The zero-order valence-electron chi connectivity index (χ0n) is 11.5. The lowest BCUT2D eigenvalue weighted by atomic mass is 9.96. The molecule has 0 aromatic heterocycles. The van der Waals surface area contributed by atoms with Crippen molar-refractivity contribution in [2.45, 2.75) is 40.2 Å². The van der Waals surface area contributed by atoms with Crippen LogP contribution < -0.4 is 5.32 Å². The van der Waals surface area contributed by atoms with Gasteiger partial charge in [-0.1, -0.05) is 25.1 Å². The summed E-state index contributed by atoms with van der Waals surface area (Å²) in [7, 11) is 0. The molecule has 0 aliphatic heterocycles. The van der Waals surface area contributed by atoms with E-state index < -0.39 is 0 Å². The van der Waals surface area contributed by atoms with Gasteiger partial charge in [0.25, 0.3) is 0 Å². The fraction of sp³-hybridized carbons (Fsp3) is 0.600. The molecule has 17 heavy (non-hydrogen) atoms. The molecule has 96 valence electrons. The Morgan fingerprint density at radius 1 is 1.18 bits per heavy atom. The third kappa shape index (κ3) is 4.14. The van der Waals surface area contributed by atoms with Crippen molar-refractivity contribution in [1.82, 2.24) is 5.32 Å². The second kappa shape index (κ2) is 7.46. The Bertz CT molecular complexity index is 307. The molecule has 0 radical (unpaired) electrons. The molecule has 0 heterocycles. The first-order valence-electron chi connectivity index (χ1n) is 6.57. The summed E-state index contributed by atoms with van der Waals surface area (Å²) in [6.45, 7) is 11.1. The van der Waals surface area contributed by atoms with Crippen molar-refractivity contribution in [1.29, 1.82) is 0 Å². The Morgan fingerprint density at radius 2 is 1.82 bits per heavy atom. The maximum atomic E-state index is 5.59. The summed E-state index contributed by atoms with van der Waals surface area (Å²) in [4.78, 5) is 0. The van der Waals surface area contributed by atoms with E-state index in [4.69, 9.17) is 4.74 Å². The fourth-order valence-corrected chi connectivity index (χ4v) is 2.18. The molecule has 0 aliphatic rings. The van der Waals surface area contributed by atoms with E-state index in [1.165, 1.54) is 16.7 Å². The second-order valence-corrected chi connectivity index (χ2v) is 4.47. The second-order valence-electron chi connectivity index (χ2n) is 4.47. The van der Waals surface area contributed by atoms with E-state index in [1.54, 1.807) is 0 Å². The largest absolute Gasteiger partial charge is 0.380 e. The van der Waals surface area contributed by atoms with Gasteiger partial charge in [0.2, 0.25) is 0 Å². The van der Waals surface area contributed by atoms with E-state index >= 15 is 0 Å². The summed E-state index contributed by atoms with van der Waals surface area (Å²) < 4.78 is 5.59. The molecular weight excluding hydrogens is 210 g/mol. The molecule has 2 heteroatoms. The maximum Gasteiger partial charge on any atom is 0.0661 e. The number of aryl methyl sites for hydroxylation is 2. The first kappa shape index (κ1) is 14.2. The Balaban J connectivity index is 2.86. The van der Waals surface area contributed by atoms with Gasteiger partial charge < -0.3 is 10.1 Å². The highest BCUT2D eigenvalue weighted by Crippen LogP contribution is 2.22. The van der Waals surface area contributed by atoms with E-state index in [-0.39, 0.29) is 0 Å². The van der Waals surface area contributed by atoms with Crippen LogP contribution in [-0.4, -0.2) is 19.8 Å². The molecule has 0 saturated carbocycles. The van der Waals surface area contributed by atoms with Crippen LogP contribution in [0.15, 0.2) is 18.2 Å². The van der Waals surface area contributed by atoms with Crippen molar-refractivity contribution in [3.05, 3.63) is 34.9 Å². The summed E-state index contributed by atoms with van der Waals surface area (Å²) in [6, 6.07) is 6.78. The number of rotatable bonds is 7. The monoisotopic (exact) mass is 235 g/mol. The van der Waals surface area contributed by atoms with Crippen LogP contribution in [0.3, 0.4) is 0 Å². The van der Waals surface area contributed by atoms with Gasteiger partial charge >= 0.3 is 0 Å². The SMILES string of the molecule is CCCNC(COCC)c1c(C)cccc1C. The molecule has 0 aliphatic carbocycles. The van der Waals surface area contributed by atoms with Crippen molar-refractivity contribution < 1.29 is 4.74 Å². The van der Waals surface area contributed by atoms with Crippen LogP contribution >= 0.6 is 0 Å². The summed E-state index contributed by atoms with van der Waals surface area (Å²) >= 11 is 0. The zero-order chi connectivity index (χ0) is 12.7. The van der Waals surface area contributed by atoms with Crippen molar-refractivity contribution >= 4 is 0 Å². The lowest BCUT2D eigenvalue weighted by Crippen LogP contribution is -2.27. The highest BCUT2D eigenvalue weighted by molar-refractivity contribution is 5.36. The highest BCUT2D eigenvalue weighted by Gasteiger charge is 2.15. The molecule has 1 N–H and O–H groups in total. The van der Waals surface area contributed by atoms with E-state index in [2.05, 4.69) is 44.3 Å². The normalized spacial score (nSPS) is 12.7. The number of ether oxygens (including phenoxy) is 1. The molecule has 0 bridgehead atoms. The van der Waals surface area contributed by atoms with Crippen LogP contribution in [0.5, 0.6) is 0 Å². The molecule has 2 nitrogen and oxygen atoms in total. The summed E-state index contributed by atoms with van der Waals surface area (Å²) in [5, 5.41) is 3.58.